The van der Waals surface area contributed by atoms with Crippen molar-refractivity contribution >= 4 is 34.4 Å². The van der Waals surface area contributed by atoms with Crippen molar-refractivity contribution in [2.24, 2.45) is 0 Å². The van der Waals surface area contributed by atoms with Crippen LogP contribution < -0.4 is 10.1 Å². The monoisotopic (exact) mass is 346 g/mol. The number of carbonyl (C=O) groups is 2. The van der Waals surface area contributed by atoms with Crippen molar-refractivity contribution in [2.75, 3.05) is 19.0 Å². The fourth-order valence-electron chi connectivity index (χ4n) is 1.92. The largest absolute Gasteiger partial charge is 0.496 e. The van der Waals surface area contributed by atoms with E-state index in [1.807, 2.05) is 24.3 Å². The summed E-state index contributed by atoms with van der Waals surface area (Å²) in [6.07, 6.45) is 3.17. The van der Waals surface area contributed by atoms with E-state index in [4.69, 9.17) is 9.47 Å². The zero-order valence-corrected chi connectivity index (χ0v) is 14.3. The fraction of sp³-hybridized carbons (Fsp3) is 0.235. The van der Waals surface area contributed by atoms with Crippen LogP contribution in [0.2, 0.25) is 0 Å². The minimum Gasteiger partial charge on any atom is -0.496 e. The smallest absolute Gasteiger partial charge is 0.311 e. The number of anilines is 1. The third-order valence-electron chi connectivity index (χ3n) is 2.97. The van der Waals surface area contributed by atoms with Crippen molar-refractivity contribution in [3.05, 3.63) is 47.0 Å². The van der Waals surface area contributed by atoms with E-state index in [9.17, 15) is 9.59 Å². The number of para-hydroxylation sites is 1. The number of amides is 1. The summed E-state index contributed by atoms with van der Waals surface area (Å²) in [5.41, 5.74) is 1.37. The van der Waals surface area contributed by atoms with Crippen molar-refractivity contribution in [1.29, 1.82) is 0 Å². The molecule has 0 atom stereocenters. The van der Waals surface area contributed by atoms with Crippen molar-refractivity contribution in [2.45, 2.75) is 13.3 Å². The van der Waals surface area contributed by atoms with Crippen LogP contribution in [0.25, 0.3) is 6.08 Å². The fourth-order valence-corrected chi connectivity index (χ4v) is 2.64. The molecule has 7 heteroatoms. The number of nitrogens with zero attached hydrogens (tertiary/aromatic N) is 1. The first-order valence-electron chi connectivity index (χ1n) is 7.34. The molecule has 0 bridgehead atoms. The van der Waals surface area contributed by atoms with E-state index >= 15 is 0 Å². The lowest BCUT2D eigenvalue weighted by atomic mass is 10.2. The van der Waals surface area contributed by atoms with Crippen molar-refractivity contribution in [3.63, 3.8) is 0 Å². The highest BCUT2D eigenvalue weighted by atomic mass is 32.1. The van der Waals surface area contributed by atoms with Gasteiger partial charge in [-0.2, -0.15) is 0 Å². The second-order valence-corrected chi connectivity index (χ2v) is 5.55. The summed E-state index contributed by atoms with van der Waals surface area (Å²) in [6, 6.07) is 7.39. The van der Waals surface area contributed by atoms with Gasteiger partial charge in [-0.15, -0.1) is 11.3 Å². The molecule has 0 saturated heterocycles. The first-order valence-corrected chi connectivity index (χ1v) is 8.22. The highest BCUT2D eigenvalue weighted by Gasteiger charge is 2.09. The maximum absolute atomic E-state index is 12.0. The summed E-state index contributed by atoms with van der Waals surface area (Å²) < 4.78 is 10.1. The Hall–Kier alpha value is -2.67. The summed E-state index contributed by atoms with van der Waals surface area (Å²) >= 11 is 1.26. The molecule has 126 valence electrons. The van der Waals surface area contributed by atoms with Gasteiger partial charge >= 0.3 is 5.97 Å². The molecular formula is C17H18N2O4S. The van der Waals surface area contributed by atoms with Gasteiger partial charge in [-0.25, -0.2) is 4.98 Å². The standard InChI is InChI=1S/C17H18N2O4S/c1-3-23-16(21)10-13-11-24-17(18-13)19-15(20)9-8-12-6-4-5-7-14(12)22-2/h4-9,11H,3,10H2,1-2H3,(H,18,19,20). The van der Waals surface area contributed by atoms with Crippen molar-refractivity contribution in [3.8, 4) is 5.75 Å². The van der Waals surface area contributed by atoms with Crippen molar-refractivity contribution < 1.29 is 19.1 Å². The Labute approximate surface area is 144 Å². The van der Waals surface area contributed by atoms with Crippen LogP contribution in [-0.2, 0) is 20.7 Å². The van der Waals surface area contributed by atoms with Crippen LogP contribution >= 0.6 is 11.3 Å². The number of benzene rings is 1. The average molecular weight is 346 g/mol. The molecule has 2 aromatic rings. The molecule has 0 aliphatic heterocycles. The van der Waals surface area contributed by atoms with Gasteiger partial charge in [0.1, 0.15) is 5.75 Å². The van der Waals surface area contributed by atoms with E-state index in [-0.39, 0.29) is 18.3 Å². The Kier molecular flexibility index (Phi) is 6.51. The van der Waals surface area contributed by atoms with Crippen LogP contribution in [0.4, 0.5) is 5.13 Å². The normalized spacial score (nSPS) is 10.6. The predicted molar refractivity (Wildman–Crippen MR) is 93.1 cm³/mol. The first kappa shape index (κ1) is 17.7. The lowest BCUT2D eigenvalue weighted by molar-refractivity contribution is -0.142. The van der Waals surface area contributed by atoms with Gasteiger partial charge in [0.05, 0.1) is 25.8 Å². The highest BCUT2D eigenvalue weighted by Crippen LogP contribution is 2.19. The zero-order chi connectivity index (χ0) is 17.4. The minimum absolute atomic E-state index is 0.0945. The van der Waals surface area contributed by atoms with Crippen molar-refractivity contribution in [1.82, 2.24) is 4.98 Å². The molecule has 1 amide bonds. The molecule has 1 heterocycles. The molecule has 0 saturated carbocycles. The number of nitrogens with one attached hydrogen (secondary N) is 1. The van der Waals surface area contributed by atoms with Crippen LogP contribution in [-0.4, -0.2) is 30.6 Å². The number of esters is 1. The summed E-state index contributed by atoms with van der Waals surface area (Å²) in [4.78, 5) is 27.5. The summed E-state index contributed by atoms with van der Waals surface area (Å²) in [7, 11) is 1.58. The number of thiazole rings is 1. The van der Waals surface area contributed by atoms with Crippen LogP contribution in [0.3, 0.4) is 0 Å². The maximum Gasteiger partial charge on any atom is 0.311 e. The number of rotatable bonds is 7. The van der Waals surface area contributed by atoms with E-state index in [0.29, 0.717) is 23.2 Å². The molecule has 24 heavy (non-hydrogen) atoms. The summed E-state index contributed by atoms with van der Waals surface area (Å²) in [5, 5.41) is 4.82. The van der Waals surface area contributed by atoms with Gasteiger partial charge in [0.15, 0.2) is 5.13 Å². The second-order valence-electron chi connectivity index (χ2n) is 4.69. The van der Waals surface area contributed by atoms with Gasteiger partial charge in [-0.05, 0) is 19.1 Å². The van der Waals surface area contributed by atoms with Gasteiger partial charge in [0.25, 0.3) is 0 Å². The molecule has 6 nitrogen and oxygen atoms in total. The van der Waals surface area contributed by atoms with Crippen LogP contribution in [0.15, 0.2) is 35.7 Å². The van der Waals surface area contributed by atoms with E-state index in [1.54, 1.807) is 25.5 Å². The van der Waals surface area contributed by atoms with E-state index in [1.165, 1.54) is 17.4 Å². The van der Waals surface area contributed by atoms with Gasteiger partial charge in [-0.3, -0.25) is 14.9 Å². The predicted octanol–water partition coefficient (Wildman–Crippen LogP) is 2.91. The number of ether oxygens (including phenoxy) is 2. The van der Waals surface area contributed by atoms with Gasteiger partial charge in [0.2, 0.25) is 5.91 Å². The Morgan fingerprint density at radius 2 is 2.12 bits per heavy atom. The number of carbonyl (C=O) groups excluding carboxylic acids is 2. The molecule has 0 unspecified atom stereocenters. The maximum atomic E-state index is 12.0. The van der Waals surface area contributed by atoms with E-state index in [0.717, 1.165) is 5.56 Å². The third kappa shape index (κ3) is 5.20. The van der Waals surface area contributed by atoms with Gasteiger partial charge in [-0.1, -0.05) is 18.2 Å². The lowest BCUT2D eigenvalue weighted by Gasteiger charge is -2.03. The number of hydrogen-bond donors (Lipinski definition) is 1. The van der Waals surface area contributed by atoms with Gasteiger partial charge in [0, 0.05) is 17.0 Å². The number of methoxy groups -OCH3 is 1. The van der Waals surface area contributed by atoms with Crippen LogP contribution in [0, 0.1) is 0 Å². The van der Waals surface area contributed by atoms with Crippen LogP contribution in [0.1, 0.15) is 18.2 Å². The third-order valence-corrected chi connectivity index (χ3v) is 3.77. The molecule has 1 aromatic heterocycles. The van der Waals surface area contributed by atoms with E-state index < -0.39 is 0 Å². The lowest BCUT2D eigenvalue weighted by Crippen LogP contribution is -2.09. The minimum atomic E-state index is -0.336. The molecule has 2 rings (SSSR count). The molecule has 1 aromatic carbocycles. The Bertz CT molecular complexity index is 740. The first-order chi connectivity index (χ1) is 11.6. The molecule has 0 radical (unpaired) electrons. The topological polar surface area (TPSA) is 77.5 Å². The Balaban J connectivity index is 1.94. The molecule has 0 fully saturated rings. The Morgan fingerprint density at radius 1 is 1.33 bits per heavy atom. The Morgan fingerprint density at radius 3 is 2.88 bits per heavy atom. The summed E-state index contributed by atoms with van der Waals surface area (Å²) in [6.45, 7) is 2.08. The molecular weight excluding hydrogens is 328 g/mol. The second kappa shape index (κ2) is 8.83. The quantitative estimate of drug-likeness (QED) is 0.616. The molecule has 0 aliphatic carbocycles. The SMILES string of the molecule is CCOC(=O)Cc1csc(NC(=O)C=Cc2ccccc2OC)n1. The zero-order valence-electron chi connectivity index (χ0n) is 13.4. The van der Waals surface area contributed by atoms with Crippen LogP contribution in [0.5, 0.6) is 5.75 Å². The van der Waals surface area contributed by atoms with E-state index in [2.05, 4.69) is 10.3 Å². The number of hydrogen-bond acceptors (Lipinski definition) is 6. The van der Waals surface area contributed by atoms with Gasteiger partial charge < -0.3 is 9.47 Å². The average Bonchev–Trinajstić information content (AvgIpc) is 3.00. The summed E-state index contributed by atoms with van der Waals surface area (Å²) in [5.74, 6) is 0.0437. The molecule has 0 spiro atoms. The molecule has 1 N–H and O–H groups in total. The highest BCUT2D eigenvalue weighted by molar-refractivity contribution is 7.14. The number of aromatic nitrogens is 1. The molecule has 0 aliphatic rings.